The molecule has 1 fully saturated rings. The molecule has 0 radical (unpaired) electrons. The van der Waals surface area contributed by atoms with E-state index in [1.807, 2.05) is 0 Å². The Morgan fingerprint density at radius 3 is 2.47 bits per heavy atom. The number of hydrogen-bond acceptors (Lipinski definition) is 7. The van der Waals surface area contributed by atoms with E-state index in [4.69, 9.17) is 27.9 Å². The van der Waals surface area contributed by atoms with Gasteiger partial charge in [0.15, 0.2) is 5.75 Å². The van der Waals surface area contributed by atoms with Gasteiger partial charge < -0.3 is 20.5 Å². The number of tetrazole rings is 1. The zero-order valence-corrected chi connectivity index (χ0v) is 18.6. The van der Waals surface area contributed by atoms with Gasteiger partial charge in [0, 0.05) is 11.7 Å². The Labute approximate surface area is 194 Å². The van der Waals surface area contributed by atoms with Gasteiger partial charge in [-0.25, -0.2) is 0 Å². The molecular weight excluding hydrogens is 455 g/mol. The molecule has 4 N–H and O–H groups in total. The first-order valence-electron chi connectivity index (χ1n) is 10.3. The van der Waals surface area contributed by atoms with Crippen LogP contribution in [0.4, 0.5) is 11.6 Å². The summed E-state index contributed by atoms with van der Waals surface area (Å²) in [5, 5.41) is 30.0. The van der Waals surface area contributed by atoms with Crippen LogP contribution in [0.15, 0.2) is 30.3 Å². The van der Waals surface area contributed by atoms with Crippen LogP contribution >= 0.6 is 23.2 Å². The number of aromatic nitrogens is 4. The van der Waals surface area contributed by atoms with Crippen LogP contribution in [-0.2, 0) is 0 Å². The molecule has 32 heavy (non-hydrogen) atoms. The van der Waals surface area contributed by atoms with E-state index in [9.17, 15) is 9.90 Å². The van der Waals surface area contributed by atoms with Gasteiger partial charge >= 0.3 is 0 Å². The fourth-order valence-corrected chi connectivity index (χ4v) is 4.20. The number of phenolic OH excluding ortho intramolecular Hbond substituents is 1. The number of anilines is 2. The zero-order chi connectivity index (χ0) is 22.5. The van der Waals surface area contributed by atoms with Gasteiger partial charge in [-0.3, -0.25) is 4.79 Å². The first kappa shape index (κ1) is 22.2. The summed E-state index contributed by atoms with van der Waals surface area (Å²) < 4.78 is 5.85. The molecule has 1 aliphatic rings. The normalized spacial score (nSPS) is 14.6. The molecule has 0 bridgehead atoms. The van der Waals surface area contributed by atoms with E-state index in [-0.39, 0.29) is 45.0 Å². The van der Waals surface area contributed by atoms with Crippen molar-refractivity contribution in [3.05, 3.63) is 45.9 Å². The Morgan fingerprint density at radius 1 is 1.09 bits per heavy atom. The molecule has 4 rings (SSSR count). The van der Waals surface area contributed by atoms with Crippen LogP contribution in [0.3, 0.4) is 0 Å². The predicted molar refractivity (Wildman–Crippen MR) is 121 cm³/mol. The number of carbonyl (C=O) groups is 1. The van der Waals surface area contributed by atoms with E-state index in [1.165, 1.54) is 31.0 Å². The topological polar surface area (TPSA) is 125 Å². The second kappa shape index (κ2) is 10.1. The summed E-state index contributed by atoms with van der Waals surface area (Å²) in [5.41, 5.74) is 0.678. The third-order valence-electron chi connectivity index (χ3n) is 5.22. The fraction of sp³-hybridized carbons (Fsp3) is 0.333. The highest BCUT2D eigenvalue weighted by Crippen LogP contribution is 2.40. The summed E-state index contributed by atoms with van der Waals surface area (Å²) in [6.45, 7) is 0. The molecule has 0 saturated heterocycles. The Balaban J connectivity index is 1.50. The largest absolute Gasteiger partial charge is 0.507 e. The summed E-state index contributed by atoms with van der Waals surface area (Å²) in [6.07, 6.45) is 6.44. The smallest absolute Gasteiger partial charge is 0.267 e. The summed E-state index contributed by atoms with van der Waals surface area (Å²) in [6, 6.07) is 7.72. The third-order valence-corrected chi connectivity index (χ3v) is 5.78. The third kappa shape index (κ3) is 5.41. The molecule has 9 nitrogen and oxygen atoms in total. The monoisotopic (exact) mass is 476 g/mol. The number of ether oxygens (including phenoxy) is 1. The molecule has 1 amide bonds. The van der Waals surface area contributed by atoms with E-state index in [2.05, 4.69) is 31.3 Å². The van der Waals surface area contributed by atoms with E-state index in [0.29, 0.717) is 11.4 Å². The predicted octanol–water partition coefficient (Wildman–Crippen LogP) is 5.20. The van der Waals surface area contributed by atoms with Gasteiger partial charge in [0.2, 0.25) is 0 Å². The molecular formula is C21H22Cl2N6O3. The standard InChI is InChI=1S/C21H22Cl2N6O3/c22-16-9-13(25-21-26-28-29-27-21)10-17(23)19(16)32-14-7-8-18(30)15(11-14)20(31)24-12-5-3-1-2-4-6-12/h7-12,30H,1-6H2,(H,24,31)(H2,25,26,27,28,29). The summed E-state index contributed by atoms with van der Waals surface area (Å²) in [4.78, 5) is 12.8. The molecule has 0 atom stereocenters. The van der Waals surface area contributed by atoms with Gasteiger partial charge in [-0.2, -0.15) is 5.21 Å². The van der Waals surface area contributed by atoms with E-state index >= 15 is 0 Å². The highest BCUT2D eigenvalue weighted by atomic mass is 35.5. The maximum absolute atomic E-state index is 12.8. The number of aromatic hydroxyl groups is 1. The maximum atomic E-state index is 12.8. The fourth-order valence-electron chi connectivity index (χ4n) is 3.64. The van der Waals surface area contributed by atoms with E-state index in [0.717, 1.165) is 25.7 Å². The van der Waals surface area contributed by atoms with Crippen molar-refractivity contribution in [3.63, 3.8) is 0 Å². The second-order valence-corrected chi connectivity index (χ2v) is 8.39. The quantitative estimate of drug-likeness (QED) is 0.360. The van der Waals surface area contributed by atoms with Gasteiger partial charge in [0.25, 0.3) is 11.9 Å². The number of aromatic amines is 1. The highest BCUT2D eigenvalue weighted by Gasteiger charge is 2.19. The lowest BCUT2D eigenvalue weighted by atomic mass is 10.1. The molecule has 1 aromatic heterocycles. The van der Waals surface area contributed by atoms with Crippen molar-refractivity contribution < 1.29 is 14.6 Å². The average molecular weight is 477 g/mol. The molecule has 168 valence electrons. The molecule has 0 unspecified atom stereocenters. The first-order valence-corrected chi connectivity index (χ1v) is 11.1. The number of carbonyl (C=O) groups excluding carboxylic acids is 1. The van der Waals surface area contributed by atoms with Crippen LogP contribution in [0.25, 0.3) is 0 Å². The Bertz CT molecular complexity index is 1060. The summed E-state index contributed by atoms with van der Waals surface area (Å²) in [5.74, 6) is 0.329. The van der Waals surface area contributed by atoms with Crippen LogP contribution in [0.5, 0.6) is 17.2 Å². The summed E-state index contributed by atoms with van der Waals surface area (Å²) >= 11 is 12.7. The van der Waals surface area contributed by atoms with Gasteiger partial charge in [-0.1, -0.05) is 54.0 Å². The Hall–Kier alpha value is -3.04. The SMILES string of the molecule is O=C(NC1CCCCCC1)c1cc(Oc2c(Cl)cc(Nc3nn[nH]n3)cc2Cl)ccc1O. The average Bonchev–Trinajstić information content (AvgIpc) is 3.13. The van der Waals surface area contributed by atoms with Gasteiger partial charge in [0.1, 0.15) is 11.5 Å². The minimum Gasteiger partial charge on any atom is -0.507 e. The number of benzene rings is 2. The van der Waals surface area contributed by atoms with Crippen LogP contribution in [0, 0.1) is 0 Å². The minimum atomic E-state index is -0.336. The number of amides is 1. The number of hydrogen-bond donors (Lipinski definition) is 4. The first-order chi connectivity index (χ1) is 15.5. The van der Waals surface area contributed by atoms with Gasteiger partial charge in [-0.15, -0.1) is 5.10 Å². The molecule has 2 aromatic carbocycles. The van der Waals surface area contributed by atoms with E-state index in [1.54, 1.807) is 12.1 Å². The lowest BCUT2D eigenvalue weighted by molar-refractivity contribution is 0.0930. The zero-order valence-electron chi connectivity index (χ0n) is 17.1. The van der Waals surface area contributed by atoms with Gasteiger partial charge in [-0.05, 0) is 48.4 Å². The molecule has 1 heterocycles. The van der Waals surface area contributed by atoms with Crippen molar-refractivity contribution in [2.75, 3.05) is 5.32 Å². The van der Waals surface area contributed by atoms with Crippen molar-refractivity contribution >= 4 is 40.7 Å². The number of rotatable bonds is 6. The molecule has 1 saturated carbocycles. The number of nitrogens with zero attached hydrogens (tertiary/aromatic N) is 3. The van der Waals surface area contributed by atoms with Crippen molar-refractivity contribution in [3.8, 4) is 17.2 Å². The van der Waals surface area contributed by atoms with Crippen molar-refractivity contribution in [2.24, 2.45) is 0 Å². The molecule has 11 heteroatoms. The minimum absolute atomic E-state index is 0.108. The van der Waals surface area contributed by atoms with Gasteiger partial charge in [0.05, 0.1) is 15.6 Å². The van der Waals surface area contributed by atoms with Crippen molar-refractivity contribution in [2.45, 2.75) is 44.6 Å². The second-order valence-electron chi connectivity index (χ2n) is 7.57. The lowest BCUT2D eigenvalue weighted by Gasteiger charge is -2.17. The highest BCUT2D eigenvalue weighted by molar-refractivity contribution is 6.37. The molecule has 1 aliphatic carbocycles. The Morgan fingerprint density at radius 2 is 1.81 bits per heavy atom. The number of H-pyrrole nitrogens is 1. The van der Waals surface area contributed by atoms with Crippen LogP contribution in [-0.4, -0.2) is 37.7 Å². The lowest BCUT2D eigenvalue weighted by Crippen LogP contribution is -2.34. The van der Waals surface area contributed by atoms with Crippen LogP contribution in [0.2, 0.25) is 10.0 Å². The Kier molecular flexibility index (Phi) is 6.96. The number of phenols is 1. The van der Waals surface area contributed by atoms with Crippen LogP contribution < -0.4 is 15.4 Å². The van der Waals surface area contributed by atoms with E-state index < -0.39 is 0 Å². The molecule has 0 aliphatic heterocycles. The maximum Gasteiger partial charge on any atom is 0.267 e. The number of nitrogens with one attached hydrogen (secondary N) is 3. The molecule has 3 aromatic rings. The number of halogens is 2. The van der Waals surface area contributed by atoms with Crippen LogP contribution in [0.1, 0.15) is 48.9 Å². The van der Waals surface area contributed by atoms with Crippen molar-refractivity contribution in [1.82, 2.24) is 25.9 Å². The summed E-state index contributed by atoms with van der Waals surface area (Å²) in [7, 11) is 0. The van der Waals surface area contributed by atoms with Crippen molar-refractivity contribution in [1.29, 1.82) is 0 Å². The molecule has 0 spiro atoms.